The van der Waals surface area contributed by atoms with Gasteiger partial charge in [0, 0.05) is 11.8 Å². The Morgan fingerprint density at radius 2 is 1.87 bits per heavy atom. The lowest BCUT2D eigenvalue weighted by atomic mass is 10.0. The molecule has 4 nitrogen and oxygen atoms in total. The first-order valence-electron chi connectivity index (χ1n) is 6.69. The van der Waals surface area contributed by atoms with Gasteiger partial charge in [-0.25, -0.2) is 0 Å². The van der Waals surface area contributed by atoms with E-state index in [0.717, 1.165) is 12.3 Å². The predicted octanol–water partition coefficient (Wildman–Crippen LogP) is 3.80. The molecule has 0 radical (unpaired) electrons. The molecule has 1 aromatic carbocycles. The van der Waals surface area contributed by atoms with Crippen LogP contribution in [0.25, 0.3) is 11.1 Å². The van der Waals surface area contributed by atoms with Crippen molar-refractivity contribution in [2.45, 2.75) is 24.9 Å². The largest absolute Gasteiger partial charge is 0.433 e. The third kappa shape index (κ3) is 3.89. The fourth-order valence-electron chi connectivity index (χ4n) is 2.06. The van der Waals surface area contributed by atoms with Gasteiger partial charge in [0.1, 0.15) is 10.6 Å². The molecule has 23 heavy (non-hydrogen) atoms. The number of aromatic nitrogens is 1. The minimum Gasteiger partial charge on any atom is -0.267 e. The number of pyridine rings is 1. The first kappa shape index (κ1) is 17.4. The van der Waals surface area contributed by atoms with Crippen molar-refractivity contribution in [3.05, 3.63) is 47.8 Å². The Bertz CT molecular complexity index is 817. The van der Waals surface area contributed by atoms with Crippen LogP contribution in [0.5, 0.6) is 0 Å². The van der Waals surface area contributed by atoms with E-state index < -0.39 is 22.0 Å². The molecule has 0 atom stereocenters. The van der Waals surface area contributed by atoms with Crippen molar-refractivity contribution in [2.24, 2.45) is 0 Å². The molecule has 8 heteroatoms. The third-order valence-corrected chi connectivity index (χ3v) is 4.48. The van der Waals surface area contributed by atoms with Gasteiger partial charge in [-0.3, -0.25) is 9.17 Å². The van der Waals surface area contributed by atoms with E-state index in [0.29, 0.717) is 5.56 Å². The van der Waals surface area contributed by atoms with Crippen LogP contribution in [-0.4, -0.2) is 20.0 Å². The van der Waals surface area contributed by atoms with Crippen LogP contribution in [0.15, 0.2) is 41.4 Å². The number of alkyl halides is 3. The molecule has 0 unspecified atom stereocenters. The maximum atomic E-state index is 12.8. The summed E-state index contributed by atoms with van der Waals surface area (Å²) in [6.45, 7) is 3.16. The zero-order valence-electron chi connectivity index (χ0n) is 12.4. The van der Waals surface area contributed by atoms with Crippen molar-refractivity contribution in [2.75, 3.05) is 6.61 Å². The summed E-state index contributed by atoms with van der Waals surface area (Å²) in [6, 6.07) is 6.53. The van der Waals surface area contributed by atoms with Gasteiger partial charge in [-0.2, -0.15) is 21.6 Å². The van der Waals surface area contributed by atoms with Gasteiger partial charge in [0.25, 0.3) is 10.1 Å². The molecule has 1 aromatic heterocycles. The van der Waals surface area contributed by atoms with E-state index in [2.05, 4.69) is 4.98 Å². The van der Waals surface area contributed by atoms with E-state index >= 15 is 0 Å². The van der Waals surface area contributed by atoms with Crippen LogP contribution in [0.2, 0.25) is 0 Å². The maximum Gasteiger partial charge on any atom is 0.433 e. The molecule has 0 bridgehead atoms. The van der Waals surface area contributed by atoms with Crippen molar-refractivity contribution in [3.63, 3.8) is 0 Å². The van der Waals surface area contributed by atoms with Crippen molar-refractivity contribution >= 4 is 10.1 Å². The van der Waals surface area contributed by atoms with Crippen LogP contribution in [0.1, 0.15) is 18.2 Å². The number of hydrogen-bond donors (Lipinski definition) is 0. The number of nitrogens with zero attached hydrogens (tertiary/aromatic N) is 1. The van der Waals surface area contributed by atoms with E-state index in [9.17, 15) is 21.6 Å². The minimum atomic E-state index is -4.61. The average molecular weight is 345 g/mol. The maximum absolute atomic E-state index is 12.8. The van der Waals surface area contributed by atoms with Crippen LogP contribution in [0, 0.1) is 6.92 Å². The molecule has 0 aliphatic rings. The summed E-state index contributed by atoms with van der Waals surface area (Å²) in [5.74, 6) is 0. The molecular weight excluding hydrogens is 331 g/mol. The van der Waals surface area contributed by atoms with Crippen molar-refractivity contribution in [1.82, 2.24) is 4.98 Å². The third-order valence-electron chi connectivity index (χ3n) is 3.04. The zero-order chi connectivity index (χ0) is 17.3. The second-order valence-electron chi connectivity index (χ2n) is 4.79. The highest BCUT2D eigenvalue weighted by Gasteiger charge is 2.33. The second-order valence-corrected chi connectivity index (χ2v) is 6.37. The highest BCUT2D eigenvalue weighted by Crippen LogP contribution is 2.33. The van der Waals surface area contributed by atoms with E-state index in [1.807, 2.05) is 0 Å². The lowest BCUT2D eigenvalue weighted by Gasteiger charge is -2.13. The minimum absolute atomic E-state index is 0.0696. The van der Waals surface area contributed by atoms with Crippen molar-refractivity contribution < 1.29 is 25.8 Å². The Labute approximate surface area is 132 Å². The molecular formula is C15H14F3NO3S. The van der Waals surface area contributed by atoms with E-state index in [-0.39, 0.29) is 22.6 Å². The number of halogens is 3. The standard InChI is InChI=1S/C15H14F3NO3S/c1-3-22-23(20,21)13-5-4-10(2)8-12(13)11-6-7-19-14(9-11)15(16,17)18/h4-9H,3H2,1-2H3. The molecule has 2 aromatic rings. The Morgan fingerprint density at radius 1 is 1.17 bits per heavy atom. The van der Waals surface area contributed by atoms with Crippen LogP contribution < -0.4 is 0 Å². The van der Waals surface area contributed by atoms with Crippen molar-refractivity contribution in [3.8, 4) is 11.1 Å². The summed E-state index contributed by atoms with van der Waals surface area (Å²) in [5, 5.41) is 0. The van der Waals surface area contributed by atoms with Crippen LogP contribution in [0.4, 0.5) is 13.2 Å². The molecule has 0 fully saturated rings. The van der Waals surface area contributed by atoms with Crippen molar-refractivity contribution in [1.29, 1.82) is 0 Å². The fraction of sp³-hybridized carbons (Fsp3) is 0.267. The number of hydrogen-bond acceptors (Lipinski definition) is 4. The Kier molecular flexibility index (Phi) is 4.76. The van der Waals surface area contributed by atoms with Crippen LogP contribution in [-0.2, 0) is 20.5 Å². The summed E-state index contributed by atoms with van der Waals surface area (Å²) in [5.41, 5.74) is -0.127. The number of benzene rings is 1. The summed E-state index contributed by atoms with van der Waals surface area (Å²) in [4.78, 5) is 3.10. The molecule has 0 amide bonds. The topological polar surface area (TPSA) is 56.3 Å². The highest BCUT2D eigenvalue weighted by atomic mass is 32.2. The molecule has 0 saturated carbocycles. The fourth-order valence-corrected chi connectivity index (χ4v) is 3.18. The van der Waals surface area contributed by atoms with E-state index in [1.165, 1.54) is 25.1 Å². The monoisotopic (exact) mass is 345 g/mol. The Balaban J connectivity index is 2.67. The Morgan fingerprint density at radius 3 is 2.48 bits per heavy atom. The molecule has 124 valence electrons. The summed E-state index contributed by atoms with van der Waals surface area (Å²) in [7, 11) is -4.06. The smallest absolute Gasteiger partial charge is 0.267 e. The van der Waals surface area contributed by atoms with Gasteiger partial charge in [0.2, 0.25) is 0 Å². The van der Waals surface area contributed by atoms with Gasteiger partial charge >= 0.3 is 6.18 Å². The van der Waals surface area contributed by atoms with Gasteiger partial charge in [-0.15, -0.1) is 0 Å². The van der Waals surface area contributed by atoms with Crippen LogP contribution >= 0.6 is 0 Å². The second kappa shape index (κ2) is 6.29. The number of aryl methyl sites for hydroxylation is 1. The molecule has 1 heterocycles. The van der Waals surface area contributed by atoms with E-state index in [1.54, 1.807) is 13.0 Å². The van der Waals surface area contributed by atoms with Gasteiger partial charge < -0.3 is 0 Å². The quantitative estimate of drug-likeness (QED) is 0.791. The lowest BCUT2D eigenvalue weighted by molar-refractivity contribution is -0.141. The lowest BCUT2D eigenvalue weighted by Crippen LogP contribution is -2.09. The summed E-state index contributed by atoms with van der Waals surface area (Å²) < 4.78 is 67.5. The van der Waals surface area contributed by atoms with Gasteiger partial charge in [-0.1, -0.05) is 17.7 Å². The van der Waals surface area contributed by atoms with Gasteiger partial charge in [0.05, 0.1) is 6.61 Å². The molecule has 0 aliphatic heterocycles. The van der Waals surface area contributed by atoms with Crippen LogP contribution in [0.3, 0.4) is 0 Å². The molecule has 0 spiro atoms. The molecule has 0 saturated heterocycles. The molecule has 2 rings (SSSR count). The van der Waals surface area contributed by atoms with E-state index in [4.69, 9.17) is 4.18 Å². The first-order valence-corrected chi connectivity index (χ1v) is 8.09. The SMILES string of the molecule is CCOS(=O)(=O)c1ccc(C)cc1-c1ccnc(C(F)(F)F)c1. The summed E-state index contributed by atoms with van der Waals surface area (Å²) >= 11 is 0. The molecule has 0 N–H and O–H groups in total. The zero-order valence-corrected chi connectivity index (χ0v) is 13.2. The summed E-state index contributed by atoms with van der Waals surface area (Å²) in [6.07, 6.45) is -3.61. The predicted molar refractivity (Wildman–Crippen MR) is 78.2 cm³/mol. The first-order chi connectivity index (χ1) is 10.6. The van der Waals surface area contributed by atoms with Gasteiger partial charge in [-0.05, 0) is 37.6 Å². The van der Waals surface area contributed by atoms with Gasteiger partial charge in [0.15, 0.2) is 0 Å². The Hall–Kier alpha value is -1.93. The average Bonchev–Trinajstić information content (AvgIpc) is 2.46. The highest BCUT2D eigenvalue weighted by molar-refractivity contribution is 7.87. The normalized spacial score (nSPS) is 12.4. The molecule has 0 aliphatic carbocycles. The number of rotatable bonds is 4.